The number of anilines is 1. The van der Waals surface area contributed by atoms with Crippen LogP contribution in [-0.2, 0) is 21.2 Å². The number of benzene rings is 3. The SMILES string of the molecule is C[C@@H]1Cc2ccccc2N1CC(=O)N1CCN(S(=O)(=O)c2ccc3ccccc3c2)CC1. The minimum absolute atomic E-state index is 0.0521. The Balaban J connectivity index is 1.25. The summed E-state index contributed by atoms with van der Waals surface area (Å²) in [4.78, 5) is 17.3. The van der Waals surface area contributed by atoms with Crippen molar-refractivity contribution in [3.8, 4) is 0 Å². The molecule has 0 saturated carbocycles. The first kappa shape index (κ1) is 21.0. The van der Waals surface area contributed by atoms with E-state index in [1.54, 1.807) is 17.0 Å². The van der Waals surface area contributed by atoms with Crippen LogP contribution >= 0.6 is 0 Å². The van der Waals surface area contributed by atoms with E-state index in [1.165, 1.54) is 9.87 Å². The van der Waals surface area contributed by atoms with Crippen LogP contribution < -0.4 is 4.90 Å². The first-order valence-electron chi connectivity index (χ1n) is 11.0. The van der Waals surface area contributed by atoms with E-state index in [0.29, 0.717) is 37.6 Å². The summed E-state index contributed by atoms with van der Waals surface area (Å²) in [6, 6.07) is 21.5. The number of carbonyl (C=O) groups is 1. The maximum absolute atomic E-state index is 13.2. The Labute approximate surface area is 189 Å². The molecule has 0 radical (unpaired) electrons. The highest BCUT2D eigenvalue weighted by molar-refractivity contribution is 7.89. The molecule has 2 aliphatic heterocycles. The van der Waals surface area contributed by atoms with Gasteiger partial charge < -0.3 is 9.80 Å². The molecule has 3 aromatic rings. The molecule has 0 unspecified atom stereocenters. The van der Waals surface area contributed by atoms with Gasteiger partial charge in [0.05, 0.1) is 11.4 Å². The van der Waals surface area contributed by atoms with Crippen molar-refractivity contribution in [2.45, 2.75) is 24.3 Å². The molecule has 2 aliphatic rings. The van der Waals surface area contributed by atoms with Crippen molar-refractivity contribution in [1.29, 1.82) is 0 Å². The number of amides is 1. The minimum Gasteiger partial charge on any atom is -0.359 e. The van der Waals surface area contributed by atoms with Gasteiger partial charge in [-0.25, -0.2) is 8.42 Å². The molecule has 1 atom stereocenters. The molecule has 0 aliphatic carbocycles. The average molecular weight is 450 g/mol. The molecule has 32 heavy (non-hydrogen) atoms. The van der Waals surface area contributed by atoms with Gasteiger partial charge in [-0.3, -0.25) is 4.79 Å². The Hall–Kier alpha value is -2.90. The van der Waals surface area contributed by atoms with Crippen molar-refractivity contribution in [3.63, 3.8) is 0 Å². The highest BCUT2D eigenvalue weighted by atomic mass is 32.2. The topological polar surface area (TPSA) is 60.9 Å². The second kappa shape index (κ2) is 8.22. The van der Waals surface area contributed by atoms with Crippen LogP contribution in [-0.4, -0.2) is 62.3 Å². The van der Waals surface area contributed by atoms with E-state index in [-0.39, 0.29) is 11.9 Å². The van der Waals surface area contributed by atoms with Crippen molar-refractivity contribution >= 4 is 32.4 Å². The molecule has 0 aromatic heterocycles. The number of piperazine rings is 1. The number of rotatable bonds is 4. The highest BCUT2D eigenvalue weighted by Crippen LogP contribution is 2.31. The number of fused-ring (bicyclic) bond motifs is 2. The lowest BCUT2D eigenvalue weighted by molar-refractivity contribution is -0.130. The summed E-state index contributed by atoms with van der Waals surface area (Å²) in [6.45, 7) is 3.92. The predicted octanol–water partition coefficient (Wildman–Crippen LogP) is 3.12. The Morgan fingerprint density at radius 2 is 1.59 bits per heavy atom. The standard InChI is InChI=1S/C25H27N3O3S/c1-19-16-22-8-4-5-9-24(22)28(19)18-25(29)26-12-14-27(15-13-26)32(30,31)23-11-10-20-6-2-3-7-21(20)17-23/h2-11,17,19H,12-16,18H2,1H3/t19-/m1/s1. The molecule has 1 amide bonds. The maximum atomic E-state index is 13.2. The van der Waals surface area contributed by atoms with Gasteiger partial charge in [-0.15, -0.1) is 0 Å². The smallest absolute Gasteiger partial charge is 0.243 e. The summed E-state index contributed by atoms with van der Waals surface area (Å²) in [6.07, 6.45) is 0.946. The minimum atomic E-state index is -3.59. The number of hydrogen-bond acceptors (Lipinski definition) is 4. The van der Waals surface area contributed by atoms with Crippen LogP contribution in [0.25, 0.3) is 10.8 Å². The molecule has 1 fully saturated rings. The fourth-order valence-corrected chi connectivity index (χ4v) is 6.23. The molecule has 3 aromatic carbocycles. The van der Waals surface area contributed by atoms with Crippen molar-refractivity contribution in [1.82, 2.24) is 9.21 Å². The number of nitrogens with zero attached hydrogens (tertiary/aromatic N) is 3. The normalized spacial score (nSPS) is 19.3. The summed E-state index contributed by atoms with van der Waals surface area (Å²) in [7, 11) is -3.59. The fourth-order valence-electron chi connectivity index (χ4n) is 4.77. The van der Waals surface area contributed by atoms with Crippen molar-refractivity contribution in [2.24, 2.45) is 0 Å². The van der Waals surface area contributed by atoms with Gasteiger partial charge in [0, 0.05) is 37.9 Å². The summed E-state index contributed by atoms with van der Waals surface area (Å²) >= 11 is 0. The van der Waals surface area contributed by atoms with Gasteiger partial charge in [-0.1, -0.05) is 48.5 Å². The van der Waals surface area contributed by atoms with E-state index in [0.717, 1.165) is 22.9 Å². The summed E-state index contributed by atoms with van der Waals surface area (Å²) in [5.74, 6) is 0.0521. The zero-order valence-electron chi connectivity index (χ0n) is 18.1. The Morgan fingerprint density at radius 3 is 2.38 bits per heavy atom. The molecule has 0 N–H and O–H groups in total. The largest absolute Gasteiger partial charge is 0.359 e. The van der Waals surface area contributed by atoms with Gasteiger partial charge in [0.15, 0.2) is 0 Å². The number of hydrogen-bond donors (Lipinski definition) is 0. The second-order valence-corrected chi connectivity index (χ2v) is 10.5. The Morgan fingerprint density at radius 1 is 0.906 bits per heavy atom. The van der Waals surface area contributed by atoms with Crippen LogP contribution in [0.15, 0.2) is 71.6 Å². The first-order chi connectivity index (χ1) is 15.4. The summed E-state index contributed by atoms with van der Waals surface area (Å²) in [5, 5.41) is 1.92. The summed E-state index contributed by atoms with van der Waals surface area (Å²) in [5.41, 5.74) is 2.41. The van der Waals surface area contributed by atoms with Crippen LogP contribution in [0.1, 0.15) is 12.5 Å². The van der Waals surface area contributed by atoms with Crippen LogP contribution in [0.5, 0.6) is 0 Å². The average Bonchev–Trinajstić information content (AvgIpc) is 3.13. The molecule has 5 rings (SSSR count). The quantitative estimate of drug-likeness (QED) is 0.614. The third-order valence-electron chi connectivity index (χ3n) is 6.60. The molecule has 7 heteroatoms. The van der Waals surface area contributed by atoms with E-state index >= 15 is 0 Å². The van der Waals surface area contributed by atoms with Crippen LogP contribution in [0.4, 0.5) is 5.69 Å². The lowest BCUT2D eigenvalue weighted by Crippen LogP contribution is -2.53. The molecule has 166 valence electrons. The molecular formula is C25H27N3O3S. The molecule has 6 nitrogen and oxygen atoms in total. The van der Waals surface area contributed by atoms with Crippen molar-refractivity contribution in [2.75, 3.05) is 37.6 Å². The van der Waals surface area contributed by atoms with Gasteiger partial charge in [0.2, 0.25) is 15.9 Å². The van der Waals surface area contributed by atoms with Crippen LogP contribution in [0, 0.1) is 0 Å². The molecular weight excluding hydrogens is 422 g/mol. The number of carbonyl (C=O) groups excluding carboxylic acids is 1. The molecule has 0 spiro atoms. The van der Waals surface area contributed by atoms with Crippen LogP contribution in [0.3, 0.4) is 0 Å². The number of sulfonamides is 1. The van der Waals surface area contributed by atoms with E-state index in [9.17, 15) is 13.2 Å². The molecule has 2 heterocycles. The van der Waals surface area contributed by atoms with Crippen molar-refractivity contribution in [3.05, 3.63) is 72.3 Å². The van der Waals surface area contributed by atoms with E-state index in [4.69, 9.17) is 0 Å². The van der Waals surface area contributed by atoms with Crippen molar-refractivity contribution < 1.29 is 13.2 Å². The Bertz CT molecular complexity index is 1270. The van der Waals surface area contributed by atoms with Gasteiger partial charge in [0.1, 0.15) is 0 Å². The van der Waals surface area contributed by atoms with Gasteiger partial charge in [-0.05, 0) is 47.9 Å². The lowest BCUT2D eigenvalue weighted by atomic mass is 10.1. The highest BCUT2D eigenvalue weighted by Gasteiger charge is 2.33. The molecule has 0 bridgehead atoms. The Kier molecular flexibility index (Phi) is 5.39. The lowest BCUT2D eigenvalue weighted by Gasteiger charge is -2.35. The van der Waals surface area contributed by atoms with E-state index in [1.807, 2.05) is 42.5 Å². The monoisotopic (exact) mass is 449 g/mol. The third kappa shape index (κ3) is 3.76. The van der Waals surface area contributed by atoms with E-state index in [2.05, 4.69) is 24.0 Å². The van der Waals surface area contributed by atoms with Crippen LogP contribution in [0.2, 0.25) is 0 Å². The maximum Gasteiger partial charge on any atom is 0.243 e. The first-order valence-corrected chi connectivity index (χ1v) is 12.5. The fraction of sp³-hybridized carbons (Fsp3) is 0.320. The van der Waals surface area contributed by atoms with E-state index < -0.39 is 10.0 Å². The molecule has 1 saturated heterocycles. The third-order valence-corrected chi connectivity index (χ3v) is 8.50. The number of para-hydroxylation sites is 1. The zero-order chi connectivity index (χ0) is 22.3. The van der Waals surface area contributed by atoms with Gasteiger partial charge >= 0.3 is 0 Å². The second-order valence-electron chi connectivity index (χ2n) is 8.60. The van der Waals surface area contributed by atoms with Gasteiger partial charge in [0.25, 0.3) is 0 Å². The summed E-state index contributed by atoms with van der Waals surface area (Å²) < 4.78 is 27.9. The van der Waals surface area contributed by atoms with Gasteiger partial charge in [-0.2, -0.15) is 4.31 Å². The predicted molar refractivity (Wildman–Crippen MR) is 126 cm³/mol. The zero-order valence-corrected chi connectivity index (χ0v) is 19.0.